The number of β-amino-alcohol motifs (C(OH)–C–C–N with tert-alkyl or cyclic N) is 1. The number of likely N-dealkylation sites (tertiary alicyclic amines) is 1. The van der Waals surface area contributed by atoms with Gasteiger partial charge in [-0.15, -0.1) is 0 Å². The highest BCUT2D eigenvalue weighted by molar-refractivity contribution is 4.95. The SMILES string of the molecule is CCCNCC1(O)CN(C)C1. The van der Waals surface area contributed by atoms with Gasteiger partial charge in [0.25, 0.3) is 0 Å². The third kappa shape index (κ3) is 2.43. The van der Waals surface area contributed by atoms with Crippen LogP contribution in [0.2, 0.25) is 0 Å². The van der Waals surface area contributed by atoms with E-state index in [4.69, 9.17) is 0 Å². The number of likely N-dealkylation sites (N-methyl/N-ethyl adjacent to an activating group) is 1. The highest BCUT2D eigenvalue weighted by Gasteiger charge is 2.38. The number of aliphatic hydroxyl groups is 1. The number of hydrogen-bond donors (Lipinski definition) is 2. The summed E-state index contributed by atoms with van der Waals surface area (Å²) in [6, 6.07) is 0. The van der Waals surface area contributed by atoms with Gasteiger partial charge in [-0.25, -0.2) is 0 Å². The molecule has 0 saturated carbocycles. The zero-order valence-electron chi connectivity index (χ0n) is 7.43. The van der Waals surface area contributed by atoms with Crippen LogP contribution in [0.1, 0.15) is 13.3 Å². The van der Waals surface area contributed by atoms with Crippen LogP contribution in [0.5, 0.6) is 0 Å². The fourth-order valence-electron chi connectivity index (χ4n) is 1.57. The Hall–Kier alpha value is -0.120. The van der Waals surface area contributed by atoms with E-state index in [2.05, 4.69) is 17.1 Å². The average Bonchev–Trinajstić information content (AvgIpc) is 1.85. The average molecular weight is 158 g/mol. The van der Waals surface area contributed by atoms with Gasteiger partial charge >= 0.3 is 0 Å². The van der Waals surface area contributed by atoms with E-state index in [0.29, 0.717) is 0 Å². The second kappa shape index (κ2) is 3.52. The van der Waals surface area contributed by atoms with Crippen LogP contribution in [-0.4, -0.2) is 48.8 Å². The normalized spacial score (nSPS) is 23.2. The monoisotopic (exact) mass is 158 g/mol. The van der Waals surface area contributed by atoms with Gasteiger partial charge < -0.3 is 15.3 Å². The molecule has 11 heavy (non-hydrogen) atoms. The lowest BCUT2D eigenvalue weighted by Crippen LogP contribution is -2.64. The van der Waals surface area contributed by atoms with Gasteiger partial charge in [-0.2, -0.15) is 0 Å². The Bertz CT molecular complexity index is 121. The second-order valence-electron chi connectivity index (χ2n) is 3.57. The van der Waals surface area contributed by atoms with Gasteiger partial charge in [0.05, 0.1) is 0 Å². The first-order valence-electron chi connectivity index (χ1n) is 4.28. The van der Waals surface area contributed by atoms with Crippen molar-refractivity contribution in [3.05, 3.63) is 0 Å². The lowest BCUT2D eigenvalue weighted by molar-refractivity contribution is -0.0831. The minimum atomic E-state index is -0.441. The van der Waals surface area contributed by atoms with Crippen LogP contribution >= 0.6 is 0 Å². The van der Waals surface area contributed by atoms with Crippen LogP contribution in [0.4, 0.5) is 0 Å². The van der Waals surface area contributed by atoms with Crippen molar-refractivity contribution < 1.29 is 5.11 Å². The van der Waals surface area contributed by atoms with Crippen LogP contribution in [-0.2, 0) is 0 Å². The first kappa shape index (κ1) is 8.97. The third-order valence-electron chi connectivity index (χ3n) is 2.01. The van der Waals surface area contributed by atoms with E-state index in [1.165, 1.54) is 0 Å². The summed E-state index contributed by atoms with van der Waals surface area (Å²) in [5.74, 6) is 0. The largest absolute Gasteiger partial charge is 0.386 e. The molecule has 1 aliphatic rings. The maximum atomic E-state index is 9.70. The molecular weight excluding hydrogens is 140 g/mol. The molecule has 0 bridgehead atoms. The molecule has 3 heteroatoms. The predicted molar refractivity (Wildman–Crippen MR) is 45.6 cm³/mol. The summed E-state index contributed by atoms with van der Waals surface area (Å²) in [6.07, 6.45) is 1.13. The van der Waals surface area contributed by atoms with Gasteiger partial charge in [0.2, 0.25) is 0 Å². The van der Waals surface area contributed by atoms with Crippen LogP contribution in [0.3, 0.4) is 0 Å². The summed E-state index contributed by atoms with van der Waals surface area (Å²) in [6.45, 7) is 5.49. The van der Waals surface area contributed by atoms with Gasteiger partial charge in [-0.1, -0.05) is 6.92 Å². The lowest BCUT2D eigenvalue weighted by atomic mass is 9.95. The van der Waals surface area contributed by atoms with Crippen molar-refractivity contribution in [3.8, 4) is 0 Å². The van der Waals surface area contributed by atoms with E-state index < -0.39 is 5.60 Å². The molecule has 1 rings (SSSR count). The molecule has 0 radical (unpaired) electrons. The highest BCUT2D eigenvalue weighted by Crippen LogP contribution is 2.16. The third-order valence-corrected chi connectivity index (χ3v) is 2.01. The molecule has 1 saturated heterocycles. The molecule has 66 valence electrons. The Balaban J connectivity index is 2.07. The minimum absolute atomic E-state index is 0.441. The van der Waals surface area contributed by atoms with Crippen LogP contribution in [0.25, 0.3) is 0 Å². The van der Waals surface area contributed by atoms with Gasteiger partial charge in [0.1, 0.15) is 5.60 Å². The second-order valence-corrected chi connectivity index (χ2v) is 3.57. The van der Waals surface area contributed by atoms with Gasteiger partial charge in [-0.05, 0) is 20.0 Å². The molecule has 3 nitrogen and oxygen atoms in total. The Labute approximate surface area is 68.4 Å². The van der Waals surface area contributed by atoms with Crippen molar-refractivity contribution in [1.82, 2.24) is 10.2 Å². The summed E-state index contributed by atoms with van der Waals surface area (Å²) in [7, 11) is 2.02. The molecule has 0 atom stereocenters. The summed E-state index contributed by atoms with van der Waals surface area (Å²) < 4.78 is 0. The lowest BCUT2D eigenvalue weighted by Gasteiger charge is -2.44. The Morgan fingerprint density at radius 2 is 2.18 bits per heavy atom. The van der Waals surface area contributed by atoms with Crippen molar-refractivity contribution in [2.24, 2.45) is 0 Å². The van der Waals surface area contributed by atoms with E-state index in [-0.39, 0.29) is 0 Å². The van der Waals surface area contributed by atoms with Crippen molar-refractivity contribution in [2.45, 2.75) is 18.9 Å². The molecule has 2 N–H and O–H groups in total. The molecule has 1 fully saturated rings. The summed E-state index contributed by atoms with van der Waals surface area (Å²) in [5.41, 5.74) is -0.441. The van der Waals surface area contributed by atoms with Crippen molar-refractivity contribution in [3.63, 3.8) is 0 Å². The first-order chi connectivity index (χ1) is 5.16. The summed E-state index contributed by atoms with van der Waals surface area (Å²) in [4.78, 5) is 2.12. The first-order valence-corrected chi connectivity index (χ1v) is 4.28. The predicted octanol–water partition coefficient (Wildman–Crippen LogP) is -0.337. The molecule has 0 aliphatic carbocycles. The topological polar surface area (TPSA) is 35.5 Å². The van der Waals surface area contributed by atoms with E-state index in [9.17, 15) is 5.11 Å². The Morgan fingerprint density at radius 3 is 2.64 bits per heavy atom. The molecular formula is C8H18N2O. The molecule has 0 unspecified atom stereocenters. The van der Waals surface area contributed by atoms with Crippen molar-refractivity contribution in [1.29, 1.82) is 0 Å². The van der Waals surface area contributed by atoms with Gasteiger partial charge in [0, 0.05) is 19.6 Å². The van der Waals surface area contributed by atoms with E-state index in [0.717, 1.165) is 32.6 Å². The molecule has 0 aromatic heterocycles. The Morgan fingerprint density at radius 1 is 1.55 bits per heavy atom. The molecule has 0 spiro atoms. The molecule has 0 aromatic carbocycles. The molecule has 1 heterocycles. The van der Waals surface area contributed by atoms with E-state index in [1.807, 2.05) is 7.05 Å². The zero-order valence-corrected chi connectivity index (χ0v) is 7.43. The number of nitrogens with one attached hydrogen (secondary N) is 1. The zero-order chi connectivity index (χ0) is 8.32. The Kier molecular flexibility index (Phi) is 2.87. The van der Waals surface area contributed by atoms with E-state index >= 15 is 0 Å². The molecule has 0 amide bonds. The van der Waals surface area contributed by atoms with Crippen molar-refractivity contribution >= 4 is 0 Å². The van der Waals surface area contributed by atoms with E-state index in [1.54, 1.807) is 0 Å². The van der Waals surface area contributed by atoms with Crippen LogP contribution < -0.4 is 5.32 Å². The quantitative estimate of drug-likeness (QED) is 0.550. The standard InChI is InChI=1S/C8H18N2O/c1-3-4-9-5-8(11)6-10(2)7-8/h9,11H,3-7H2,1-2H3. The van der Waals surface area contributed by atoms with Gasteiger partial charge in [0.15, 0.2) is 0 Å². The summed E-state index contributed by atoms with van der Waals surface area (Å²) >= 11 is 0. The fourth-order valence-corrected chi connectivity index (χ4v) is 1.57. The maximum Gasteiger partial charge on any atom is 0.102 e. The minimum Gasteiger partial charge on any atom is -0.386 e. The van der Waals surface area contributed by atoms with Crippen LogP contribution in [0, 0.1) is 0 Å². The molecule has 0 aromatic rings. The smallest absolute Gasteiger partial charge is 0.102 e. The fraction of sp³-hybridized carbons (Fsp3) is 1.00. The highest BCUT2D eigenvalue weighted by atomic mass is 16.3. The maximum absolute atomic E-state index is 9.70. The van der Waals surface area contributed by atoms with Crippen molar-refractivity contribution in [2.75, 3.05) is 33.2 Å². The molecule has 1 aliphatic heterocycles. The summed E-state index contributed by atoms with van der Waals surface area (Å²) in [5, 5.41) is 12.9. The number of hydrogen-bond acceptors (Lipinski definition) is 3. The number of rotatable bonds is 4. The van der Waals surface area contributed by atoms with Gasteiger partial charge in [-0.3, -0.25) is 0 Å². The van der Waals surface area contributed by atoms with Crippen LogP contribution in [0.15, 0.2) is 0 Å². The number of nitrogens with zero attached hydrogens (tertiary/aromatic N) is 1.